The number of amides is 1. The van der Waals surface area contributed by atoms with Crippen molar-refractivity contribution in [2.45, 2.75) is 6.92 Å². The molecule has 1 heterocycles. The summed E-state index contributed by atoms with van der Waals surface area (Å²) in [6.07, 6.45) is 3.17. The predicted octanol–water partition coefficient (Wildman–Crippen LogP) is 3.31. The van der Waals surface area contributed by atoms with Crippen molar-refractivity contribution in [2.24, 2.45) is 5.10 Å². The quantitative estimate of drug-likeness (QED) is 0.594. The Morgan fingerprint density at radius 1 is 1.09 bits per heavy atom. The van der Waals surface area contributed by atoms with Gasteiger partial charge < -0.3 is 0 Å². The zero-order chi connectivity index (χ0) is 15.4. The van der Waals surface area contributed by atoms with E-state index in [1.807, 2.05) is 43.3 Å². The topological polar surface area (TPSA) is 54.4 Å². The minimum absolute atomic E-state index is 0.274. The largest absolute Gasteiger partial charge is 0.272 e. The Kier molecular flexibility index (Phi) is 3.92. The van der Waals surface area contributed by atoms with E-state index in [0.717, 1.165) is 16.6 Å². The highest BCUT2D eigenvalue weighted by Gasteiger charge is 2.03. The number of nitrogens with one attached hydrogen (secondary N) is 1. The van der Waals surface area contributed by atoms with Crippen LogP contribution in [0.5, 0.6) is 0 Å². The number of hydrogen-bond donors (Lipinski definition) is 1. The molecule has 22 heavy (non-hydrogen) atoms. The second kappa shape index (κ2) is 6.18. The van der Waals surface area contributed by atoms with Crippen molar-refractivity contribution < 1.29 is 4.79 Å². The Labute approximate surface area is 128 Å². The number of benzene rings is 2. The molecule has 4 heteroatoms. The molecule has 0 bridgehead atoms. The number of hydrogen-bond acceptors (Lipinski definition) is 3. The molecule has 0 atom stereocenters. The number of nitrogens with zero attached hydrogens (tertiary/aromatic N) is 2. The first kappa shape index (κ1) is 13.9. The van der Waals surface area contributed by atoms with Crippen LogP contribution in [0, 0.1) is 6.92 Å². The van der Waals surface area contributed by atoms with Gasteiger partial charge in [0, 0.05) is 11.9 Å². The maximum absolute atomic E-state index is 11.9. The number of fused-ring (bicyclic) bond motifs is 1. The fraction of sp³-hybridized carbons (Fsp3) is 0.0556. The van der Waals surface area contributed by atoms with Gasteiger partial charge in [0.05, 0.1) is 11.8 Å². The van der Waals surface area contributed by atoms with Gasteiger partial charge in [0.15, 0.2) is 0 Å². The summed E-state index contributed by atoms with van der Waals surface area (Å²) >= 11 is 0. The average molecular weight is 289 g/mol. The van der Waals surface area contributed by atoms with Crippen LogP contribution in [0.1, 0.15) is 21.6 Å². The van der Waals surface area contributed by atoms with Crippen LogP contribution >= 0.6 is 0 Å². The first-order valence-electron chi connectivity index (χ1n) is 6.97. The van der Waals surface area contributed by atoms with E-state index in [-0.39, 0.29) is 5.91 Å². The molecule has 3 rings (SSSR count). The molecule has 3 aromatic rings. The van der Waals surface area contributed by atoms with Crippen LogP contribution in [0.4, 0.5) is 0 Å². The van der Waals surface area contributed by atoms with Crippen LogP contribution in [0.25, 0.3) is 10.8 Å². The van der Waals surface area contributed by atoms with Crippen molar-refractivity contribution in [1.82, 2.24) is 10.4 Å². The summed E-state index contributed by atoms with van der Waals surface area (Å²) in [6.45, 7) is 1.87. The molecule has 108 valence electrons. The molecule has 0 aliphatic carbocycles. The number of aromatic nitrogens is 1. The van der Waals surface area contributed by atoms with Crippen LogP contribution in [0.15, 0.2) is 65.9 Å². The molecule has 0 radical (unpaired) electrons. The lowest BCUT2D eigenvalue weighted by molar-refractivity contribution is 0.0955. The number of rotatable bonds is 3. The van der Waals surface area contributed by atoms with Crippen LogP contribution in [0.2, 0.25) is 0 Å². The highest BCUT2D eigenvalue weighted by atomic mass is 16.2. The van der Waals surface area contributed by atoms with Gasteiger partial charge in [0.2, 0.25) is 0 Å². The van der Waals surface area contributed by atoms with Crippen molar-refractivity contribution in [3.8, 4) is 0 Å². The monoisotopic (exact) mass is 289 g/mol. The van der Waals surface area contributed by atoms with E-state index in [1.54, 1.807) is 18.3 Å². The Morgan fingerprint density at radius 3 is 2.68 bits per heavy atom. The zero-order valence-electron chi connectivity index (χ0n) is 12.2. The van der Waals surface area contributed by atoms with E-state index in [0.29, 0.717) is 5.56 Å². The molecule has 0 spiro atoms. The van der Waals surface area contributed by atoms with Gasteiger partial charge in [-0.1, -0.05) is 36.4 Å². The molecule has 2 aromatic carbocycles. The normalized spacial score (nSPS) is 11.0. The van der Waals surface area contributed by atoms with Crippen molar-refractivity contribution in [3.05, 3.63) is 77.6 Å². The van der Waals surface area contributed by atoms with Crippen molar-refractivity contribution in [2.75, 3.05) is 0 Å². The number of carbonyl (C=O) groups is 1. The van der Waals surface area contributed by atoms with Crippen LogP contribution < -0.4 is 5.43 Å². The highest BCUT2D eigenvalue weighted by Crippen LogP contribution is 2.14. The van der Waals surface area contributed by atoms with Gasteiger partial charge in [-0.3, -0.25) is 9.78 Å². The average Bonchev–Trinajstić information content (AvgIpc) is 2.55. The second-order valence-electron chi connectivity index (χ2n) is 4.99. The molecule has 1 amide bonds. The smallest absolute Gasteiger partial charge is 0.267 e. The molecular weight excluding hydrogens is 274 g/mol. The highest BCUT2D eigenvalue weighted by molar-refractivity contribution is 5.95. The maximum Gasteiger partial charge on any atom is 0.272 e. The molecule has 0 unspecified atom stereocenters. The summed E-state index contributed by atoms with van der Waals surface area (Å²) in [4.78, 5) is 16.0. The Balaban J connectivity index is 1.70. The van der Waals surface area contributed by atoms with E-state index in [1.165, 1.54) is 11.6 Å². The Hall–Kier alpha value is -3.01. The second-order valence-corrected chi connectivity index (χ2v) is 4.99. The SMILES string of the molecule is Cc1ccc(C(=O)N/N=C/c2ccc3ccccc3c2)cn1. The molecule has 1 aromatic heterocycles. The van der Waals surface area contributed by atoms with Crippen molar-refractivity contribution >= 4 is 22.9 Å². The standard InChI is InChI=1S/C18H15N3O/c1-13-6-8-17(12-19-13)18(22)21-20-11-14-7-9-15-4-2-3-5-16(15)10-14/h2-12H,1H3,(H,21,22)/b20-11+. The Bertz CT molecular complexity index is 838. The zero-order valence-corrected chi connectivity index (χ0v) is 12.2. The Morgan fingerprint density at radius 2 is 1.91 bits per heavy atom. The lowest BCUT2D eigenvalue weighted by Gasteiger charge is -2.01. The lowest BCUT2D eigenvalue weighted by atomic mass is 10.1. The van der Waals surface area contributed by atoms with E-state index < -0.39 is 0 Å². The van der Waals surface area contributed by atoms with Crippen LogP contribution in [-0.4, -0.2) is 17.1 Å². The van der Waals surface area contributed by atoms with Crippen LogP contribution in [0.3, 0.4) is 0 Å². The van der Waals surface area contributed by atoms with E-state index >= 15 is 0 Å². The number of carbonyl (C=O) groups excluding carboxylic acids is 1. The molecular formula is C18H15N3O. The van der Waals surface area contributed by atoms with Gasteiger partial charge in [-0.05, 0) is 41.5 Å². The lowest BCUT2D eigenvalue weighted by Crippen LogP contribution is -2.17. The summed E-state index contributed by atoms with van der Waals surface area (Å²) in [6, 6.07) is 17.6. The molecule has 0 aliphatic heterocycles. The molecule has 1 N–H and O–H groups in total. The third-order valence-electron chi connectivity index (χ3n) is 3.33. The minimum Gasteiger partial charge on any atom is -0.267 e. The summed E-state index contributed by atoms with van der Waals surface area (Å²) in [5.41, 5.74) is 4.80. The van der Waals surface area contributed by atoms with Gasteiger partial charge in [0.25, 0.3) is 5.91 Å². The molecule has 0 saturated heterocycles. The van der Waals surface area contributed by atoms with Gasteiger partial charge in [-0.25, -0.2) is 5.43 Å². The third kappa shape index (κ3) is 3.17. The first-order valence-corrected chi connectivity index (χ1v) is 6.97. The van der Waals surface area contributed by atoms with E-state index in [9.17, 15) is 4.79 Å². The maximum atomic E-state index is 11.9. The molecule has 0 saturated carbocycles. The molecule has 0 fully saturated rings. The fourth-order valence-corrected chi connectivity index (χ4v) is 2.12. The summed E-state index contributed by atoms with van der Waals surface area (Å²) < 4.78 is 0. The number of pyridine rings is 1. The number of aryl methyl sites for hydroxylation is 1. The fourth-order valence-electron chi connectivity index (χ4n) is 2.12. The minimum atomic E-state index is -0.274. The summed E-state index contributed by atoms with van der Waals surface area (Å²) in [5.74, 6) is -0.274. The van der Waals surface area contributed by atoms with Gasteiger partial charge >= 0.3 is 0 Å². The summed E-state index contributed by atoms with van der Waals surface area (Å²) in [7, 11) is 0. The molecule has 0 aliphatic rings. The van der Waals surface area contributed by atoms with Gasteiger partial charge in [-0.15, -0.1) is 0 Å². The first-order chi connectivity index (χ1) is 10.7. The predicted molar refractivity (Wildman–Crippen MR) is 88.0 cm³/mol. The van der Waals surface area contributed by atoms with Crippen molar-refractivity contribution in [1.29, 1.82) is 0 Å². The number of hydrazone groups is 1. The van der Waals surface area contributed by atoms with E-state index in [2.05, 4.69) is 21.6 Å². The van der Waals surface area contributed by atoms with Gasteiger partial charge in [-0.2, -0.15) is 5.10 Å². The van der Waals surface area contributed by atoms with Crippen molar-refractivity contribution in [3.63, 3.8) is 0 Å². The van der Waals surface area contributed by atoms with E-state index in [4.69, 9.17) is 0 Å². The summed E-state index contributed by atoms with van der Waals surface area (Å²) in [5, 5.41) is 6.31. The molecule has 4 nitrogen and oxygen atoms in total. The third-order valence-corrected chi connectivity index (χ3v) is 3.33. The van der Waals surface area contributed by atoms with Gasteiger partial charge in [0.1, 0.15) is 0 Å². The van der Waals surface area contributed by atoms with Crippen LogP contribution in [-0.2, 0) is 0 Å².